The molecule has 0 aliphatic heterocycles. The second kappa shape index (κ2) is 5.44. The van der Waals surface area contributed by atoms with Gasteiger partial charge in [0, 0.05) is 16.5 Å². The number of carbonyl (C=O) groups excluding carboxylic acids is 2. The molecule has 1 aromatic heterocycles. The Morgan fingerprint density at radius 1 is 1.09 bits per heavy atom. The van der Waals surface area contributed by atoms with Gasteiger partial charge in [-0.3, -0.25) is 9.89 Å². The van der Waals surface area contributed by atoms with Crippen LogP contribution < -0.4 is 0 Å². The zero-order valence-corrected chi connectivity index (χ0v) is 12.2. The largest absolute Gasteiger partial charge is 0.465 e. The molecule has 0 radical (unpaired) electrons. The average molecular weight is 294 g/mol. The molecule has 5 heteroatoms. The van der Waals surface area contributed by atoms with Gasteiger partial charge in [0.1, 0.15) is 0 Å². The Balaban J connectivity index is 2.16. The normalized spacial score (nSPS) is 10.6. The number of Topliss-reactive ketones (excluding diaryl/α,β-unsaturated/α-hetero) is 1. The Morgan fingerprint density at radius 2 is 1.91 bits per heavy atom. The number of aromatic nitrogens is 2. The van der Waals surface area contributed by atoms with E-state index in [1.165, 1.54) is 14.0 Å². The summed E-state index contributed by atoms with van der Waals surface area (Å²) >= 11 is 0. The van der Waals surface area contributed by atoms with Crippen molar-refractivity contribution in [1.29, 1.82) is 0 Å². The predicted octanol–water partition coefficient (Wildman–Crippen LogP) is 3.22. The maximum absolute atomic E-state index is 11.7. The molecule has 0 unspecified atom stereocenters. The number of rotatable bonds is 3. The highest BCUT2D eigenvalue weighted by molar-refractivity contribution is 6.00. The summed E-state index contributed by atoms with van der Waals surface area (Å²) in [6.45, 7) is 1.52. The van der Waals surface area contributed by atoms with Crippen molar-refractivity contribution in [3.05, 3.63) is 53.6 Å². The van der Waals surface area contributed by atoms with E-state index in [4.69, 9.17) is 4.74 Å². The third-order valence-corrected chi connectivity index (χ3v) is 3.53. The van der Waals surface area contributed by atoms with Gasteiger partial charge in [-0.1, -0.05) is 18.2 Å². The highest BCUT2D eigenvalue weighted by Crippen LogP contribution is 2.28. The first-order chi connectivity index (χ1) is 10.6. The molecule has 0 spiro atoms. The van der Waals surface area contributed by atoms with Crippen LogP contribution in [0.5, 0.6) is 0 Å². The van der Waals surface area contributed by atoms with Crippen molar-refractivity contribution in [3.8, 4) is 11.3 Å². The molecule has 0 saturated carbocycles. The predicted molar refractivity (Wildman–Crippen MR) is 82.9 cm³/mol. The number of nitrogens with one attached hydrogen (secondary N) is 1. The molecular weight excluding hydrogens is 280 g/mol. The molecule has 1 N–H and O–H groups in total. The summed E-state index contributed by atoms with van der Waals surface area (Å²) in [5.41, 5.74) is 3.42. The lowest BCUT2D eigenvalue weighted by Crippen LogP contribution is -2.00. The van der Waals surface area contributed by atoms with Crippen LogP contribution in [0.3, 0.4) is 0 Å². The second-order valence-electron chi connectivity index (χ2n) is 4.96. The fraction of sp³-hybridized carbons (Fsp3) is 0.118. The van der Waals surface area contributed by atoms with Crippen LogP contribution in [0.25, 0.3) is 22.2 Å². The Kier molecular flexibility index (Phi) is 3.47. The van der Waals surface area contributed by atoms with E-state index in [1.807, 2.05) is 12.1 Å². The topological polar surface area (TPSA) is 72.1 Å². The number of fused-ring (bicyclic) bond motifs is 1. The van der Waals surface area contributed by atoms with Crippen LogP contribution in [0.4, 0.5) is 0 Å². The minimum atomic E-state index is -0.397. The van der Waals surface area contributed by atoms with Crippen LogP contribution in [0, 0.1) is 0 Å². The number of carbonyl (C=O) groups is 2. The molecule has 3 aromatic rings. The van der Waals surface area contributed by atoms with Crippen molar-refractivity contribution in [3.63, 3.8) is 0 Å². The molecule has 2 aromatic carbocycles. The molecule has 110 valence electrons. The summed E-state index contributed by atoms with van der Waals surface area (Å²) in [5, 5.41) is 8.05. The number of ether oxygens (including phenoxy) is 1. The first-order valence-electron chi connectivity index (χ1n) is 6.78. The number of H-pyrrole nitrogens is 1. The van der Waals surface area contributed by atoms with E-state index >= 15 is 0 Å². The number of nitrogens with zero attached hydrogens (tertiary/aromatic N) is 1. The quantitative estimate of drug-likeness (QED) is 0.594. The number of benzene rings is 2. The monoisotopic (exact) mass is 294 g/mol. The van der Waals surface area contributed by atoms with Crippen molar-refractivity contribution in [1.82, 2.24) is 10.2 Å². The number of ketones is 1. The first kappa shape index (κ1) is 14.0. The van der Waals surface area contributed by atoms with E-state index in [0.29, 0.717) is 16.8 Å². The zero-order valence-electron chi connectivity index (χ0n) is 12.2. The highest BCUT2D eigenvalue weighted by atomic mass is 16.5. The number of methoxy groups -OCH3 is 1. The second-order valence-corrected chi connectivity index (χ2v) is 4.96. The molecule has 0 aliphatic carbocycles. The molecule has 22 heavy (non-hydrogen) atoms. The first-order valence-corrected chi connectivity index (χ1v) is 6.78. The van der Waals surface area contributed by atoms with Crippen LogP contribution in [-0.2, 0) is 4.74 Å². The molecule has 5 nitrogen and oxygen atoms in total. The maximum Gasteiger partial charge on any atom is 0.337 e. The molecule has 0 bridgehead atoms. The molecule has 3 rings (SSSR count). The van der Waals surface area contributed by atoms with Gasteiger partial charge in [0.2, 0.25) is 0 Å². The van der Waals surface area contributed by atoms with Crippen molar-refractivity contribution in [2.75, 3.05) is 7.11 Å². The SMILES string of the molecule is COC(=O)c1ccc2[nH]nc(-c3cccc(C(C)=O)c3)c2c1. The smallest absolute Gasteiger partial charge is 0.337 e. The molecular formula is C17H14N2O3. The molecule has 0 atom stereocenters. The fourth-order valence-corrected chi connectivity index (χ4v) is 2.36. The minimum Gasteiger partial charge on any atom is -0.465 e. The summed E-state index contributed by atoms with van der Waals surface area (Å²) in [4.78, 5) is 23.2. The fourth-order valence-electron chi connectivity index (χ4n) is 2.36. The van der Waals surface area contributed by atoms with Crippen LogP contribution in [-0.4, -0.2) is 29.1 Å². The average Bonchev–Trinajstić information content (AvgIpc) is 2.97. The van der Waals surface area contributed by atoms with Crippen molar-refractivity contribution in [2.45, 2.75) is 6.92 Å². The van der Waals surface area contributed by atoms with Gasteiger partial charge in [-0.05, 0) is 31.2 Å². The lowest BCUT2D eigenvalue weighted by molar-refractivity contribution is 0.0601. The Bertz CT molecular complexity index is 880. The number of aromatic amines is 1. The standard InChI is InChI=1S/C17H14N2O3/c1-10(20)11-4-3-5-12(8-11)16-14-9-13(17(21)22-2)6-7-15(14)18-19-16/h3-9H,1-2H3,(H,18,19). The number of hydrogen-bond acceptors (Lipinski definition) is 4. The van der Waals surface area contributed by atoms with Crippen molar-refractivity contribution < 1.29 is 14.3 Å². The van der Waals surface area contributed by atoms with Gasteiger partial charge in [-0.25, -0.2) is 4.79 Å². The third-order valence-electron chi connectivity index (χ3n) is 3.53. The summed E-state index contributed by atoms with van der Waals surface area (Å²) in [6.07, 6.45) is 0. The van der Waals surface area contributed by atoms with Crippen LogP contribution in [0.15, 0.2) is 42.5 Å². The van der Waals surface area contributed by atoms with E-state index in [2.05, 4.69) is 10.2 Å². The molecule has 0 amide bonds. The van der Waals surface area contributed by atoms with Crippen LogP contribution in [0.2, 0.25) is 0 Å². The molecule has 0 fully saturated rings. The van der Waals surface area contributed by atoms with E-state index in [0.717, 1.165) is 16.5 Å². The molecule has 1 heterocycles. The minimum absolute atomic E-state index is 0.00283. The van der Waals surface area contributed by atoms with Gasteiger partial charge in [0.15, 0.2) is 5.78 Å². The summed E-state index contributed by atoms with van der Waals surface area (Å²) < 4.78 is 4.74. The zero-order chi connectivity index (χ0) is 15.7. The van der Waals surface area contributed by atoms with Crippen molar-refractivity contribution in [2.24, 2.45) is 0 Å². The van der Waals surface area contributed by atoms with Crippen LogP contribution >= 0.6 is 0 Å². The van der Waals surface area contributed by atoms with E-state index in [9.17, 15) is 9.59 Å². The van der Waals surface area contributed by atoms with Gasteiger partial charge in [-0.2, -0.15) is 5.10 Å². The van der Waals surface area contributed by atoms with E-state index in [-0.39, 0.29) is 5.78 Å². The van der Waals surface area contributed by atoms with E-state index in [1.54, 1.807) is 30.3 Å². The summed E-state index contributed by atoms with van der Waals surface area (Å²) in [5.74, 6) is -0.400. The van der Waals surface area contributed by atoms with Gasteiger partial charge in [0.05, 0.1) is 23.9 Å². The van der Waals surface area contributed by atoms with Crippen molar-refractivity contribution >= 4 is 22.7 Å². The number of esters is 1. The van der Waals surface area contributed by atoms with Gasteiger partial charge >= 0.3 is 5.97 Å². The van der Waals surface area contributed by atoms with Gasteiger partial charge in [0.25, 0.3) is 0 Å². The van der Waals surface area contributed by atoms with Crippen LogP contribution in [0.1, 0.15) is 27.6 Å². The molecule has 0 aliphatic rings. The lowest BCUT2D eigenvalue weighted by Gasteiger charge is -2.02. The Labute approximate surface area is 126 Å². The lowest BCUT2D eigenvalue weighted by atomic mass is 10.0. The summed E-state index contributed by atoms with van der Waals surface area (Å²) in [6, 6.07) is 12.5. The highest BCUT2D eigenvalue weighted by Gasteiger charge is 2.13. The third kappa shape index (κ3) is 2.37. The van der Waals surface area contributed by atoms with E-state index < -0.39 is 5.97 Å². The van der Waals surface area contributed by atoms with Gasteiger partial charge < -0.3 is 4.74 Å². The Morgan fingerprint density at radius 3 is 2.64 bits per heavy atom. The Hall–Kier alpha value is -2.95. The molecule has 0 saturated heterocycles. The number of hydrogen-bond donors (Lipinski definition) is 1. The van der Waals surface area contributed by atoms with Gasteiger partial charge in [-0.15, -0.1) is 0 Å². The summed E-state index contributed by atoms with van der Waals surface area (Å²) in [7, 11) is 1.35. The maximum atomic E-state index is 11.7.